The normalized spacial score (nSPS) is 11.1. The third kappa shape index (κ3) is 1.82. The first-order chi connectivity index (χ1) is 9.08. The first-order valence-corrected chi connectivity index (χ1v) is 6.72. The van der Waals surface area contributed by atoms with Crippen molar-refractivity contribution in [3.8, 4) is 5.69 Å². The predicted molar refractivity (Wildman–Crippen MR) is 75.4 cm³/mol. The molecule has 0 aliphatic carbocycles. The number of rotatable bonds is 2. The molecule has 19 heavy (non-hydrogen) atoms. The quantitative estimate of drug-likeness (QED) is 0.778. The molecule has 2 heterocycles. The Morgan fingerprint density at radius 3 is 2.79 bits per heavy atom. The number of carbonyl (C=O) groups is 1. The van der Waals surface area contributed by atoms with Crippen molar-refractivity contribution >= 4 is 27.5 Å². The van der Waals surface area contributed by atoms with Crippen LogP contribution >= 0.6 is 11.3 Å². The van der Waals surface area contributed by atoms with Crippen molar-refractivity contribution in [1.29, 1.82) is 0 Å². The highest BCUT2D eigenvalue weighted by Gasteiger charge is 2.15. The molecule has 0 unspecified atom stereocenters. The lowest BCUT2D eigenvalue weighted by Crippen LogP contribution is -2.02. The highest BCUT2D eigenvalue weighted by molar-refractivity contribution is 7.16. The van der Waals surface area contributed by atoms with Crippen LogP contribution in [-0.4, -0.2) is 20.6 Å². The van der Waals surface area contributed by atoms with Crippen molar-refractivity contribution in [3.63, 3.8) is 0 Å². The van der Waals surface area contributed by atoms with E-state index >= 15 is 0 Å². The first kappa shape index (κ1) is 11.9. The Balaban J connectivity index is 2.23. The molecule has 0 saturated carbocycles. The van der Waals surface area contributed by atoms with Gasteiger partial charge >= 0.3 is 5.97 Å². The first-order valence-electron chi connectivity index (χ1n) is 5.84. The third-order valence-corrected chi connectivity index (χ3v) is 4.03. The van der Waals surface area contributed by atoms with E-state index in [4.69, 9.17) is 5.11 Å². The van der Waals surface area contributed by atoms with Crippen LogP contribution in [0.4, 0.5) is 0 Å². The maximum absolute atomic E-state index is 11.2. The minimum absolute atomic E-state index is 0.349. The van der Waals surface area contributed by atoms with E-state index < -0.39 is 5.97 Å². The summed E-state index contributed by atoms with van der Waals surface area (Å²) in [5.41, 5.74) is 5.76. The van der Waals surface area contributed by atoms with E-state index in [9.17, 15) is 4.79 Å². The van der Waals surface area contributed by atoms with Crippen molar-refractivity contribution in [2.24, 2.45) is 0 Å². The SMILES string of the molecule is Cc1cc(C(=O)O)c(C)n1-c1ccc2ncsc2c1. The number of nitrogens with zero attached hydrogens (tertiary/aromatic N) is 2. The van der Waals surface area contributed by atoms with Crippen LogP contribution in [0.25, 0.3) is 15.9 Å². The van der Waals surface area contributed by atoms with Gasteiger partial charge in [0.05, 0.1) is 21.3 Å². The van der Waals surface area contributed by atoms with Gasteiger partial charge in [0.2, 0.25) is 0 Å². The van der Waals surface area contributed by atoms with Gasteiger partial charge in [-0.3, -0.25) is 0 Å². The molecule has 4 nitrogen and oxygen atoms in total. The van der Waals surface area contributed by atoms with Crippen LogP contribution < -0.4 is 0 Å². The number of hydrogen-bond donors (Lipinski definition) is 1. The van der Waals surface area contributed by atoms with Gasteiger partial charge in [-0.2, -0.15) is 0 Å². The molecular formula is C14H12N2O2S. The molecule has 0 spiro atoms. The Morgan fingerprint density at radius 1 is 1.32 bits per heavy atom. The lowest BCUT2D eigenvalue weighted by molar-refractivity contribution is 0.0696. The monoisotopic (exact) mass is 272 g/mol. The Labute approximate surface area is 113 Å². The zero-order chi connectivity index (χ0) is 13.6. The molecule has 3 aromatic rings. The van der Waals surface area contributed by atoms with E-state index in [-0.39, 0.29) is 0 Å². The summed E-state index contributed by atoms with van der Waals surface area (Å²) in [5, 5.41) is 9.17. The topological polar surface area (TPSA) is 55.1 Å². The molecule has 0 bridgehead atoms. The van der Waals surface area contributed by atoms with Crippen molar-refractivity contribution in [2.75, 3.05) is 0 Å². The van der Waals surface area contributed by atoms with Crippen molar-refractivity contribution in [2.45, 2.75) is 13.8 Å². The number of benzene rings is 1. The summed E-state index contributed by atoms with van der Waals surface area (Å²) in [5.74, 6) is -0.891. The largest absolute Gasteiger partial charge is 0.478 e. The number of hydrogen-bond acceptors (Lipinski definition) is 3. The Kier molecular flexibility index (Phi) is 2.64. The maximum Gasteiger partial charge on any atom is 0.337 e. The fourth-order valence-electron chi connectivity index (χ4n) is 2.36. The Morgan fingerprint density at radius 2 is 2.11 bits per heavy atom. The van der Waals surface area contributed by atoms with Gasteiger partial charge in [-0.05, 0) is 38.1 Å². The number of thiazole rings is 1. The summed E-state index contributed by atoms with van der Waals surface area (Å²) in [6.07, 6.45) is 0. The Bertz CT molecular complexity index is 786. The fourth-order valence-corrected chi connectivity index (χ4v) is 3.07. The van der Waals surface area contributed by atoms with Gasteiger partial charge in [0.15, 0.2) is 0 Å². The molecule has 5 heteroatoms. The summed E-state index contributed by atoms with van der Waals surface area (Å²) in [7, 11) is 0. The van der Waals surface area contributed by atoms with Gasteiger partial charge in [-0.1, -0.05) is 0 Å². The lowest BCUT2D eigenvalue weighted by Gasteiger charge is -2.09. The number of aryl methyl sites for hydroxylation is 1. The number of aromatic carboxylic acids is 1. The highest BCUT2D eigenvalue weighted by atomic mass is 32.1. The zero-order valence-electron chi connectivity index (χ0n) is 10.5. The minimum atomic E-state index is -0.891. The molecule has 0 aliphatic heterocycles. The van der Waals surface area contributed by atoms with Crippen LogP contribution in [0.1, 0.15) is 21.7 Å². The second-order valence-corrected chi connectivity index (χ2v) is 5.32. The number of fused-ring (bicyclic) bond motifs is 1. The zero-order valence-corrected chi connectivity index (χ0v) is 11.4. The molecule has 0 atom stereocenters. The molecule has 0 radical (unpaired) electrons. The molecule has 96 valence electrons. The van der Waals surface area contributed by atoms with Crippen molar-refractivity contribution in [3.05, 3.63) is 46.7 Å². The average molecular weight is 272 g/mol. The van der Waals surface area contributed by atoms with Crippen LogP contribution in [0.5, 0.6) is 0 Å². The van der Waals surface area contributed by atoms with Crippen molar-refractivity contribution in [1.82, 2.24) is 9.55 Å². The number of carboxylic acid groups (broad SMARTS) is 1. The molecule has 2 aromatic heterocycles. The molecular weight excluding hydrogens is 260 g/mol. The molecule has 0 amide bonds. The van der Waals surface area contributed by atoms with Crippen LogP contribution in [0.15, 0.2) is 29.8 Å². The van der Waals surface area contributed by atoms with Gasteiger partial charge in [0.1, 0.15) is 0 Å². The smallest absolute Gasteiger partial charge is 0.337 e. The molecule has 1 aromatic carbocycles. The second-order valence-electron chi connectivity index (χ2n) is 4.43. The van der Waals surface area contributed by atoms with Crippen LogP contribution in [0.3, 0.4) is 0 Å². The van der Waals surface area contributed by atoms with Crippen LogP contribution in [0.2, 0.25) is 0 Å². The molecule has 0 aliphatic rings. The number of carboxylic acids is 1. The van der Waals surface area contributed by atoms with Gasteiger partial charge in [-0.25, -0.2) is 9.78 Å². The fraction of sp³-hybridized carbons (Fsp3) is 0.143. The van der Waals surface area contributed by atoms with E-state index in [1.165, 1.54) is 0 Å². The average Bonchev–Trinajstić information content (AvgIpc) is 2.93. The molecule has 0 saturated heterocycles. The summed E-state index contributed by atoms with van der Waals surface area (Å²) < 4.78 is 3.06. The lowest BCUT2D eigenvalue weighted by atomic mass is 10.2. The van der Waals surface area contributed by atoms with E-state index in [0.717, 1.165) is 27.3 Å². The van der Waals surface area contributed by atoms with E-state index in [1.54, 1.807) is 17.4 Å². The maximum atomic E-state index is 11.2. The number of aromatic nitrogens is 2. The van der Waals surface area contributed by atoms with Gasteiger partial charge < -0.3 is 9.67 Å². The summed E-state index contributed by atoms with van der Waals surface area (Å²) in [6, 6.07) is 7.67. The summed E-state index contributed by atoms with van der Waals surface area (Å²) in [4.78, 5) is 15.4. The summed E-state index contributed by atoms with van der Waals surface area (Å²) >= 11 is 1.58. The van der Waals surface area contributed by atoms with Crippen LogP contribution in [-0.2, 0) is 0 Å². The third-order valence-electron chi connectivity index (χ3n) is 3.23. The van der Waals surface area contributed by atoms with E-state index in [2.05, 4.69) is 4.98 Å². The summed E-state index contributed by atoms with van der Waals surface area (Å²) in [6.45, 7) is 3.74. The minimum Gasteiger partial charge on any atom is -0.478 e. The van der Waals surface area contributed by atoms with Crippen LogP contribution in [0, 0.1) is 13.8 Å². The van der Waals surface area contributed by atoms with Gasteiger partial charge in [0, 0.05) is 17.1 Å². The standard InChI is InChI=1S/C14H12N2O2S/c1-8-5-11(14(17)18)9(2)16(8)10-3-4-12-13(6-10)19-7-15-12/h3-7H,1-2H3,(H,17,18). The molecule has 3 rings (SSSR count). The second kappa shape index (κ2) is 4.20. The van der Waals surface area contributed by atoms with Crippen molar-refractivity contribution < 1.29 is 9.90 Å². The van der Waals surface area contributed by atoms with Gasteiger partial charge in [-0.15, -0.1) is 11.3 Å². The highest BCUT2D eigenvalue weighted by Crippen LogP contribution is 2.25. The van der Waals surface area contributed by atoms with Gasteiger partial charge in [0.25, 0.3) is 0 Å². The predicted octanol–water partition coefficient (Wildman–Crippen LogP) is 3.40. The molecule has 0 fully saturated rings. The van der Waals surface area contributed by atoms with E-state index in [1.807, 2.05) is 42.1 Å². The van der Waals surface area contributed by atoms with E-state index in [0.29, 0.717) is 5.56 Å². The molecule has 1 N–H and O–H groups in total. The Hall–Kier alpha value is -2.14.